The van der Waals surface area contributed by atoms with Crippen LogP contribution in [0.15, 0.2) is 0 Å². The highest BCUT2D eigenvalue weighted by atomic mass is 35.5. The third kappa shape index (κ3) is 4.45. The molecule has 0 aromatic carbocycles. The lowest BCUT2D eigenvalue weighted by atomic mass is 10.1. The van der Waals surface area contributed by atoms with E-state index < -0.39 is 0 Å². The van der Waals surface area contributed by atoms with Gasteiger partial charge in [0.15, 0.2) is 0 Å². The fourth-order valence-corrected chi connectivity index (χ4v) is 2.43. The molecule has 7 heteroatoms. The summed E-state index contributed by atoms with van der Waals surface area (Å²) < 4.78 is 5.43. The zero-order valence-corrected chi connectivity index (χ0v) is 12.6. The van der Waals surface area contributed by atoms with Crippen molar-refractivity contribution in [3.8, 4) is 6.01 Å². The molecule has 1 aromatic heterocycles. The van der Waals surface area contributed by atoms with Crippen molar-refractivity contribution in [2.45, 2.75) is 64.2 Å². The van der Waals surface area contributed by atoms with E-state index in [4.69, 9.17) is 16.3 Å². The van der Waals surface area contributed by atoms with Crippen LogP contribution in [0.3, 0.4) is 0 Å². The highest BCUT2D eigenvalue weighted by Crippen LogP contribution is 2.21. The highest BCUT2D eigenvalue weighted by molar-refractivity contribution is 6.28. The third-order valence-corrected chi connectivity index (χ3v) is 3.39. The van der Waals surface area contributed by atoms with Crippen molar-refractivity contribution in [1.29, 1.82) is 0 Å². The largest absolute Gasteiger partial charge is 0.461 e. The Labute approximate surface area is 123 Å². The van der Waals surface area contributed by atoms with Crippen molar-refractivity contribution in [3.05, 3.63) is 5.28 Å². The second kappa shape index (κ2) is 7.04. The predicted octanol–water partition coefficient (Wildman–Crippen LogP) is 2.42. The van der Waals surface area contributed by atoms with Gasteiger partial charge in [-0.05, 0) is 38.3 Å². The van der Waals surface area contributed by atoms with Gasteiger partial charge in [-0.25, -0.2) is 0 Å². The van der Waals surface area contributed by atoms with Gasteiger partial charge in [-0.2, -0.15) is 15.0 Å². The smallest absolute Gasteiger partial charge is 0.322 e. The summed E-state index contributed by atoms with van der Waals surface area (Å²) in [5.41, 5.74) is 0. The normalized spacial score (nSPS) is 23.4. The maximum absolute atomic E-state index is 10.1. The minimum atomic E-state index is -0.387. The van der Waals surface area contributed by atoms with Crippen LogP contribution in [0.1, 0.15) is 46.0 Å². The number of halogens is 1. The van der Waals surface area contributed by atoms with Gasteiger partial charge in [-0.1, -0.05) is 19.3 Å². The first-order chi connectivity index (χ1) is 9.54. The summed E-state index contributed by atoms with van der Waals surface area (Å²) in [4.78, 5) is 12.1. The minimum Gasteiger partial charge on any atom is -0.461 e. The molecule has 20 heavy (non-hydrogen) atoms. The van der Waals surface area contributed by atoms with Crippen molar-refractivity contribution in [2.75, 3.05) is 5.32 Å². The molecule has 1 aliphatic carbocycles. The molecule has 1 aromatic rings. The van der Waals surface area contributed by atoms with Crippen LogP contribution in [0.25, 0.3) is 0 Å². The van der Waals surface area contributed by atoms with Crippen molar-refractivity contribution in [1.82, 2.24) is 15.0 Å². The van der Waals surface area contributed by atoms with E-state index >= 15 is 0 Å². The molecule has 1 fully saturated rings. The Morgan fingerprint density at radius 2 is 1.95 bits per heavy atom. The number of aliphatic hydroxyl groups is 1. The summed E-state index contributed by atoms with van der Waals surface area (Å²) in [5, 5.41) is 13.3. The first kappa shape index (κ1) is 15.3. The number of hydrogen-bond donors (Lipinski definition) is 2. The molecule has 1 aliphatic rings. The average molecular weight is 301 g/mol. The van der Waals surface area contributed by atoms with Crippen LogP contribution < -0.4 is 10.1 Å². The molecule has 2 atom stereocenters. The number of nitrogens with one attached hydrogen (secondary N) is 1. The van der Waals surface area contributed by atoms with Gasteiger partial charge in [-0.15, -0.1) is 0 Å². The number of rotatable bonds is 4. The monoisotopic (exact) mass is 300 g/mol. The van der Waals surface area contributed by atoms with E-state index in [1.54, 1.807) is 0 Å². The molecule has 0 amide bonds. The van der Waals surface area contributed by atoms with Gasteiger partial charge >= 0.3 is 6.01 Å². The van der Waals surface area contributed by atoms with E-state index in [9.17, 15) is 5.11 Å². The van der Waals surface area contributed by atoms with Crippen LogP contribution >= 0.6 is 11.6 Å². The lowest BCUT2D eigenvalue weighted by molar-refractivity contribution is 0.144. The molecule has 0 spiro atoms. The predicted molar refractivity (Wildman–Crippen MR) is 77.1 cm³/mol. The SMILES string of the molecule is CC(C)Oc1nc(Cl)nc(NC2CCCCCC2O)n1. The molecule has 2 rings (SSSR count). The van der Waals surface area contributed by atoms with E-state index in [2.05, 4.69) is 20.3 Å². The quantitative estimate of drug-likeness (QED) is 0.831. The standard InChI is InChI=1S/C13H21ClN4O2/c1-8(2)20-13-17-11(14)16-12(18-13)15-9-6-4-3-5-7-10(9)19/h8-10,19H,3-7H2,1-2H3,(H,15,16,17,18). The van der Waals surface area contributed by atoms with Gasteiger partial charge in [0, 0.05) is 0 Å². The van der Waals surface area contributed by atoms with E-state index in [0.717, 1.165) is 32.1 Å². The van der Waals surface area contributed by atoms with Gasteiger partial charge in [0.25, 0.3) is 0 Å². The first-order valence-corrected chi connectivity index (χ1v) is 7.45. The third-order valence-electron chi connectivity index (χ3n) is 3.22. The Balaban J connectivity index is 2.09. The second-order valence-electron chi connectivity index (χ2n) is 5.33. The molecule has 0 bridgehead atoms. The summed E-state index contributed by atoms with van der Waals surface area (Å²) in [6.07, 6.45) is 4.56. The number of ether oxygens (including phenoxy) is 1. The van der Waals surface area contributed by atoms with Gasteiger partial charge in [-0.3, -0.25) is 0 Å². The van der Waals surface area contributed by atoms with Crippen LogP contribution in [-0.2, 0) is 0 Å². The molecule has 112 valence electrons. The van der Waals surface area contributed by atoms with Crippen molar-refractivity contribution < 1.29 is 9.84 Å². The van der Waals surface area contributed by atoms with Crippen LogP contribution in [0.2, 0.25) is 5.28 Å². The number of hydrogen-bond acceptors (Lipinski definition) is 6. The van der Waals surface area contributed by atoms with Gasteiger partial charge in [0.1, 0.15) is 0 Å². The lowest BCUT2D eigenvalue weighted by Gasteiger charge is -2.21. The van der Waals surface area contributed by atoms with Crippen molar-refractivity contribution >= 4 is 17.5 Å². The van der Waals surface area contributed by atoms with Crippen LogP contribution in [0.4, 0.5) is 5.95 Å². The van der Waals surface area contributed by atoms with E-state index in [1.165, 1.54) is 0 Å². The molecule has 0 aliphatic heterocycles. The van der Waals surface area contributed by atoms with Crippen LogP contribution in [0, 0.1) is 0 Å². The summed E-state index contributed by atoms with van der Waals surface area (Å²) in [7, 11) is 0. The van der Waals surface area contributed by atoms with Crippen molar-refractivity contribution in [2.24, 2.45) is 0 Å². The number of anilines is 1. The Hall–Kier alpha value is -1.14. The zero-order chi connectivity index (χ0) is 14.5. The second-order valence-corrected chi connectivity index (χ2v) is 5.67. The molecule has 1 heterocycles. The minimum absolute atomic E-state index is 0.0372. The van der Waals surface area contributed by atoms with Gasteiger partial charge < -0.3 is 15.2 Å². The van der Waals surface area contributed by atoms with E-state index in [0.29, 0.717) is 5.95 Å². The topological polar surface area (TPSA) is 80.2 Å². The highest BCUT2D eigenvalue weighted by Gasteiger charge is 2.22. The summed E-state index contributed by atoms with van der Waals surface area (Å²) in [6.45, 7) is 3.78. The van der Waals surface area contributed by atoms with Gasteiger partial charge in [0.05, 0.1) is 18.2 Å². The first-order valence-electron chi connectivity index (χ1n) is 7.07. The molecule has 1 saturated carbocycles. The maximum Gasteiger partial charge on any atom is 0.322 e. The molecule has 0 radical (unpaired) electrons. The fourth-order valence-electron chi connectivity index (χ4n) is 2.28. The molecule has 2 unspecified atom stereocenters. The Kier molecular flexibility index (Phi) is 5.37. The molecular weight excluding hydrogens is 280 g/mol. The average Bonchev–Trinajstić information content (AvgIpc) is 2.53. The van der Waals surface area contributed by atoms with Gasteiger partial charge in [0.2, 0.25) is 11.2 Å². The van der Waals surface area contributed by atoms with E-state index in [-0.39, 0.29) is 29.5 Å². The Morgan fingerprint density at radius 1 is 1.20 bits per heavy atom. The molecule has 0 saturated heterocycles. The zero-order valence-electron chi connectivity index (χ0n) is 11.8. The number of aliphatic hydroxyl groups excluding tert-OH is 1. The summed E-state index contributed by atoms with van der Waals surface area (Å²) in [5.74, 6) is 0.353. The molecule has 2 N–H and O–H groups in total. The maximum atomic E-state index is 10.1. The lowest BCUT2D eigenvalue weighted by Crippen LogP contribution is -2.33. The van der Waals surface area contributed by atoms with Crippen LogP contribution in [0.5, 0.6) is 6.01 Å². The summed E-state index contributed by atoms with van der Waals surface area (Å²) >= 11 is 5.88. The molecule has 6 nitrogen and oxygen atoms in total. The fraction of sp³-hybridized carbons (Fsp3) is 0.769. The number of nitrogens with zero attached hydrogens (tertiary/aromatic N) is 3. The van der Waals surface area contributed by atoms with Crippen molar-refractivity contribution in [3.63, 3.8) is 0 Å². The number of aromatic nitrogens is 3. The van der Waals surface area contributed by atoms with E-state index in [1.807, 2.05) is 13.8 Å². The van der Waals surface area contributed by atoms with Crippen LogP contribution in [-0.4, -0.2) is 38.3 Å². The Bertz CT molecular complexity index is 444. The summed E-state index contributed by atoms with van der Waals surface area (Å²) in [6, 6.07) is 0.147. The Morgan fingerprint density at radius 3 is 2.70 bits per heavy atom. The molecular formula is C13H21ClN4O2.